The molecule has 1 saturated heterocycles. The monoisotopic (exact) mass is 410 g/mol. The Kier molecular flexibility index (Phi) is 5.52. The van der Waals surface area contributed by atoms with E-state index in [1.165, 1.54) is 20.7 Å². The SMILES string of the molecule is Cc1cccc(C)c1NC(=O)C[NH+]1CCN(c2ncnc3sc(C)c(C)c23)CC1. The highest BCUT2D eigenvalue weighted by molar-refractivity contribution is 7.18. The molecule has 0 saturated carbocycles. The summed E-state index contributed by atoms with van der Waals surface area (Å²) in [7, 11) is 0. The average molecular weight is 411 g/mol. The zero-order valence-electron chi connectivity index (χ0n) is 17.5. The molecule has 0 aliphatic carbocycles. The molecule has 4 rings (SSSR count). The van der Waals surface area contributed by atoms with Gasteiger partial charge in [0.2, 0.25) is 0 Å². The number of piperazine rings is 1. The van der Waals surface area contributed by atoms with Crippen molar-refractivity contribution < 1.29 is 9.69 Å². The van der Waals surface area contributed by atoms with Crippen molar-refractivity contribution in [3.63, 3.8) is 0 Å². The van der Waals surface area contributed by atoms with Crippen LogP contribution in [-0.4, -0.2) is 48.6 Å². The highest BCUT2D eigenvalue weighted by Crippen LogP contribution is 2.34. The van der Waals surface area contributed by atoms with Crippen LogP contribution in [-0.2, 0) is 4.79 Å². The maximum atomic E-state index is 12.6. The molecule has 29 heavy (non-hydrogen) atoms. The number of aryl methyl sites for hydroxylation is 4. The standard InChI is InChI=1S/C22H27N5OS/c1-14-6-5-7-15(2)20(14)25-18(28)12-26-8-10-27(11-9-26)21-19-16(3)17(4)29-22(19)24-13-23-21/h5-7,13H,8-12H2,1-4H3,(H,25,28)/p+1. The average Bonchev–Trinajstić information content (AvgIpc) is 2.99. The van der Waals surface area contributed by atoms with Crippen LogP contribution in [0.4, 0.5) is 11.5 Å². The van der Waals surface area contributed by atoms with E-state index < -0.39 is 0 Å². The van der Waals surface area contributed by atoms with Gasteiger partial charge in [0.25, 0.3) is 5.91 Å². The second-order valence-corrected chi connectivity index (χ2v) is 9.09. The molecule has 2 aromatic heterocycles. The Balaban J connectivity index is 1.40. The Bertz CT molecular complexity index is 1030. The molecule has 1 aromatic carbocycles. The summed E-state index contributed by atoms with van der Waals surface area (Å²) < 4.78 is 0. The molecule has 0 spiro atoms. The van der Waals surface area contributed by atoms with E-state index in [0.29, 0.717) is 6.54 Å². The molecular formula is C22H28N5OS+. The molecule has 0 unspecified atom stereocenters. The maximum absolute atomic E-state index is 12.6. The summed E-state index contributed by atoms with van der Waals surface area (Å²) in [6.45, 7) is 12.5. The van der Waals surface area contributed by atoms with Gasteiger partial charge in [0.05, 0.1) is 31.6 Å². The fraction of sp³-hybridized carbons (Fsp3) is 0.409. The molecule has 0 atom stereocenters. The smallest absolute Gasteiger partial charge is 0.279 e. The van der Waals surface area contributed by atoms with Crippen LogP contribution in [0.3, 0.4) is 0 Å². The molecule has 0 radical (unpaired) electrons. The van der Waals surface area contributed by atoms with Crippen molar-refractivity contribution in [2.45, 2.75) is 27.7 Å². The second kappa shape index (κ2) is 8.08. The Morgan fingerprint density at radius 2 is 1.83 bits per heavy atom. The quantitative estimate of drug-likeness (QED) is 0.693. The van der Waals surface area contributed by atoms with Crippen molar-refractivity contribution in [1.29, 1.82) is 0 Å². The van der Waals surface area contributed by atoms with Crippen LogP contribution < -0.4 is 15.1 Å². The molecule has 1 aliphatic rings. The zero-order chi connectivity index (χ0) is 20.5. The number of fused-ring (bicyclic) bond motifs is 1. The summed E-state index contributed by atoms with van der Waals surface area (Å²) >= 11 is 1.73. The van der Waals surface area contributed by atoms with Crippen LogP contribution in [0.2, 0.25) is 0 Å². The van der Waals surface area contributed by atoms with Crippen LogP contribution in [0.15, 0.2) is 24.5 Å². The number of aromatic nitrogens is 2. The number of nitrogens with one attached hydrogen (secondary N) is 2. The lowest BCUT2D eigenvalue weighted by molar-refractivity contribution is -0.892. The van der Waals surface area contributed by atoms with Gasteiger partial charge in [0, 0.05) is 10.6 Å². The number of nitrogens with zero attached hydrogens (tertiary/aromatic N) is 3. The van der Waals surface area contributed by atoms with E-state index in [-0.39, 0.29) is 5.91 Å². The summed E-state index contributed by atoms with van der Waals surface area (Å²) in [6.07, 6.45) is 1.67. The van der Waals surface area contributed by atoms with Gasteiger partial charge in [-0.3, -0.25) is 4.79 Å². The lowest BCUT2D eigenvalue weighted by Gasteiger charge is -2.33. The third-order valence-corrected chi connectivity index (χ3v) is 6.99. The molecule has 1 aliphatic heterocycles. The van der Waals surface area contributed by atoms with E-state index in [4.69, 9.17) is 0 Å². The normalized spacial score (nSPS) is 15.1. The van der Waals surface area contributed by atoms with Crippen LogP contribution in [0, 0.1) is 27.7 Å². The third kappa shape index (κ3) is 3.97. The number of rotatable bonds is 4. The lowest BCUT2D eigenvalue weighted by Crippen LogP contribution is -3.15. The molecule has 6 nitrogen and oxygen atoms in total. The number of carbonyl (C=O) groups excluding carboxylic acids is 1. The summed E-state index contributed by atoms with van der Waals surface area (Å²) in [5.74, 6) is 1.12. The van der Waals surface area contributed by atoms with Crippen molar-refractivity contribution in [2.24, 2.45) is 0 Å². The van der Waals surface area contributed by atoms with E-state index in [1.807, 2.05) is 32.0 Å². The fourth-order valence-electron chi connectivity index (χ4n) is 4.04. The van der Waals surface area contributed by atoms with E-state index in [1.54, 1.807) is 17.7 Å². The summed E-state index contributed by atoms with van der Waals surface area (Å²) in [5.41, 5.74) is 4.44. The van der Waals surface area contributed by atoms with Gasteiger partial charge in [-0.2, -0.15) is 0 Å². The number of hydrogen-bond donors (Lipinski definition) is 2. The Morgan fingerprint density at radius 3 is 2.52 bits per heavy atom. The summed E-state index contributed by atoms with van der Waals surface area (Å²) in [4.78, 5) is 27.7. The third-order valence-electron chi connectivity index (χ3n) is 5.87. The van der Waals surface area contributed by atoms with E-state index in [9.17, 15) is 4.79 Å². The number of benzene rings is 1. The molecular weight excluding hydrogens is 382 g/mol. The number of anilines is 2. The minimum absolute atomic E-state index is 0.0829. The number of amides is 1. The number of quaternary nitrogens is 1. The Hall–Kier alpha value is -2.51. The van der Waals surface area contributed by atoms with Gasteiger partial charge < -0.3 is 15.1 Å². The zero-order valence-corrected chi connectivity index (χ0v) is 18.3. The predicted octanol–water partition coefficient (Wildman–Crippen LogP) is 2.27. The summed E-state index contributed by atoms with van der Waals surface area (Å²) in [6, 6.07) is 6.08. The first-order chi connectivity index (χ1) is 13.9. The van der Waals surface area contributed by atoms with Crippen molar-refractivity contribution in [2.75, 3.05) is 42.9 Å². The highest BCUT2D eigenvalue weighted by atomic mass is 32.1. The molecule has 3 aromatic rings. The van der Waals surface area contributed by atoms with Gasteiger partial charge in [-0.25, -0.2) is 9.97 Å². The van der Waals surface area contributed by atoms with Gasteiger partial charge in [-0.05, 0) is 44.4 Å². The van der Waals surface area contributed by atoms with Gasteiger partial charge in [-0.15, -0.1) is 11.3 Å². The first-order valence-corrected chi connectivity index (χ1v) is 10.9. The van der Waals surface area contributed by atoms with Gasteiger partial charge >= 0.3 is 0 Å². The van der Waals surface area contributed by atoms with E-state index >= 15 is 0 Å². The van der Waals surface area contributed by atoms with E-state index in [2.05, 4.69) is 34.0 Å². The minimum atomic E-state index is 0.0829. The molecule has 2 N–H and O–H groups in total. The second-order valence-electron chi connectivity index (χ2n) is 7.89. The van der Waals surface area contributed by atoms with Crippen LogP contribution >= 0.6 is 11.3 Å². The van der Waals surface area contributed by atoms with Crippen molar-refractivity contribution in [1.82, 2.24) is 9.97 Å². The Labute approximate surface area is 175 Å². The van der Waals surface area contributed by atoms with Crippen LogP contribution in [0.1, 0.15) is 21.6 Å². The van der Waals surface area contributed by atoms with Crippen LogP contribution in [0.25, 0.3) is 10.2 Å². The molecule has 1 fully saturated rings. The largest absolute Gasteiger partial charge is 0.345 e. The number of carbonyl (C=O) groups is 1. The highest BCUT2D eigenvalue weighted by Gasteiger charge is 2.25. The fourth-order valence-corrected chi connectivity index (χ4v) is 5.03. The van der Waals surface area contributed by atoms with Gasteiger partial charge in [0.1, 0.15) is 17.0 Å². The van der Waals surface area contributed by atoms with Gasteiger partial charge in [-0.1, -0.05) is 18.2 Å². The van der Waals surface area contributed by atoms with Crippen molar-refractivity contribution in [3.8, 4) is 0 Å². The topological polar surface area (TPSA) is 62.6 Å². The van der Waals surface area contributed by atoms with E-state index in [0.717, 1.165) is 53.6 Å². The molecule has 3 heterocycles. The maximum Gasteiger partial charge on any atom is 0.279 e. The lowest BCUT2D eigenvalue weighted by atomic mass is 10.1. The molecule has 1 amide bonds. The number of hydrogen-bond acceptors (Lipinski definition) is 5. The van der Waals surface area contributed by atoms with Crippen molar-refractivity contribution >= 4 is 39.0 Å². The predicted molar refractivity (Wildman–Crippen MR) is 119 cm³/mol. The summed E-state index contributed by atoms with van der Waals surface area (Å²) in [5, 5.41) is 4.30. The molecule has 152 valence electrons. The Morgan fingerprint density at radius 1 is 1.14 bits per heavy atom. The molecule has 7 heteroatoms. The first kappa shape index (κ1) is 19.8. The first-order valence-electron chi connectivity index (χ1n) is 10.1. The van der Waals surface area contributed by atoms with Gasteiger partial charge in [0.15, 0.2) is 6.54 Å². The number of thiophene rings is 1. The molecule has 0 bridgehead atoms. The van der Waals surface area contributed by atoms with Crippen LogP contribution in [0.5, 0.6) is 0 Å². The number of para-hydroxylation sites is 1. The minimum Gasteiger partial charge on any atom is -0.345 e. The van der Waals surface area contributed by atoms with Crippen molar-refractivity contribution in [3.05, 3.63) is 46.1 Å².